The maximum Gasteiger partial charge on any atom is 0.260 e. The molecule has 1 aromatic rings. The number of benzene rings is 1. The zero-order chi connectivity index (χ0) is 13.2. The molecule has 0 radical (unpaired) electrons. The zero-order valence-corrected chi connectivity index (χ0v) is 10.3. The molecule has 1 rings (SSSR count). The Bertz CT molecular complexity index is 393. The second kappa shape index (κ2) is 7.94. The average molecular weight is 251 g/mol. The van der Waals surface area contributed by atoms with E-state index in [2.05, 4.69) is 10.5 Å². The van der Waals surface area contributed by atoms with Crippen molar-refractivity contribution in [2.75, 3.05) is 19.8 Å². The molecular formula is C12H17N3O3. The third-order valence-electron chi connectivity index (χ3n) is 1.88. The fraction of sp³-hybridized carbons (Fsp3) is 0.333. The summed E-state index contributed by atoms with van der Waals surface area (Å²) in [5.74, 6) is 0.626. The normalized spacial score (nSPS) is 10.8. The summed E-state index contributed by atoms with van der Waals surface area (Å²) < 4.78 is 5.34. The number of oxime groups is 1. The number of nitrogens with two attached hydrogens (primary N) is 1. The predicted molar refractivity (Wildman–Crippen MR) is 68.2 cm³/mol. The van der Waals surface area contributed by atoms with Gasteiger partial charge >= 0.3 is 0 Å². The van der Waals surface area contributed by atoms with Crippen molar-refractivity contribution in [3.63, 3.8) is 0 Å². The number of hydrogen-bond acceptors (Lipinski definition) is 4. The van der Waals surface area contributed by atoms with E-state index in [1.165, 1.54) is 0 Å². The predicted octanol–water partition coefficient (Wildman–Crippen LogP) is 0.490. The summed E-state index contributed by atoms with van der Waals surface area (Å²) in [6.45, 7) is 2.33. The number of nitrogens with zero attached hydrogens (tertiary/aromatic N) is 1. The summed E-state index contributed by atoms with van der Waals surface area (Å²) in [6, 6.07) is 9.22. The average Bonchev–Trinajstić information content (AvgIpc) is 2.38. The van der Waals surface area contributed by atoms with Crippen molar-refractivity contribution in [1.29, 1.82) is 0 Å². The SMILES string of the molecule is CCNC(=O)CO/N=C(\N)COc1ccccc1. The molecule has 98 valence electrons. The molecule has 0 bridgehead atoms. The Morgan fingerprint density at radius 2 is 2.06 bits per heavy atom. The summed E-state index contributed by atoms with van der Waals surface area (Å²) in [5, 5.41) is 6.14. The first-order valence-electron chi connectivity index (χ1n) is 5.61. The van der Waals surface area contributed by atoms with Crippen LogP contribution in [-0.2, 0) is 9.63 Å². The van der Waals surface area contributed by atoms with Crippen LogP contribution in [0.25, 0.3) is 0 Å². The van der Waals surface area contributed by atoms with Gasteiger partial charge in [-0.2, -0.15) is 0 Å². The van der Waals surface area contributed by atoms with Crippen molar-refractivity contribution in [3.8, 4) is 5.75 Å². The smallest absolute Gasteiger partial charge is 0.260 e. The molecule has 0 aliphatic heterocycles. The molecule has 0 saturated carbocycles. The topological polar surface area (TPSA) is 85.9 Å². The first-order chi connectivity index (χ1) is 8.72. The molecule has 0 heterocycles. The third kappa shape index (κ3) is 5.74. The van der Waals surface area contributed by atoms with Gasteiger partial charge in [-0.25, -0.2) is 0 Å². The van der Waals surface area contributed by atoms with Crippen LogP contribution in [0.3, 0.4) is 0 Å². The molecule has 0 spiro atoms. The van der Waals surface area contributed by atoms with E-state index in [0.717, 1.165) is 0 Å². The lowest BCUT2D eigenvalue weighted by atomic mass is 10.3. The van der Waals surface area contributed by atoms with E-state index >= 15 is 0 Å². The van der Waals surface area contributed by atoms with Crippen LogP contribution < -0.4 is 15.8 Å². The molecule has 18 heavy (non-hydrogen) atoms. The van der Waals surface area contributed by atoms with Crippen molar-refractivity contribution in [1.82, 2.24) is 5.32 Å². The highest BCUT2D eigenvalue weighted by atomic mass is 16.6. The summed E-state index contributed by atoms with van der Waals surface area (Å²) >= 11 is 0. The third-order valence-corrected chi connectivity index (χ3v) is 1.88. The number of likely N-dealkylation sites (N-methyl/N-ethyl adjacent to an activating group) is 1. The van der Waals surface area contributed by atoms with Crippen molar-refractivity contribution >= 4 is 11.7 Å². The van der Waals surface area contributed by atoms with Gasteiger partial charge < -0.3 is 20.6 Å². The van der Waals surface area contributed by atoms with Crippen LogP contribution in [-0.4, -0.2) is 31.5 Å². The molecular weight excluding hydrogens is 234 g/mol. The lowest BCUT2D eigenvalue weighted by Gasteiger charge is -2.05. The van der Waals surface area contributed by atoms with E-state index in [-0.39, 0.29) is 25.0 Å². The number of nitrogens with one attached hydrogen (secondary N) is 1. The Balaban J connectivity index is 2.24. The van der Waals surface area contributed by atoms with Crippen LogP contribution in [0.5, 0.6) is 5.75 Å². The molecule has 0 fully saturated rings. The number of carbonyl (C=O) groups excluding carboxylic acids is 1. The zero-order valence-electron chi connectivity index (χ0n) is 10.3. The number of hydrogen-bond donors (Lipinski definition) is 2. The summed E-state index contributed by atoms with van der Waals surface area (Å²) in [4.78, 5) is 15.8. The highest BCUT2D eigenvalue weighted by molar-refractivity contribution is 5.81. The van der Waals surface area contributed by atoms with Gasteiger partial charge in [-0.05, 0) is 19.1 Å². The van der Waals surface area contributed by atoms with Crippen LogP contribution >= 0.6 is 0 Å². The molecule has 6 nitrogen and oxygen atoms in total. The molecule has 1 amide bonds. The molecule has 3 N–H and O–H groups in total. The maximum absolute atomic E-state index is 11.0. The van der Waals surface area contributed by atoms with E-state index in [1.807, 2.05) is 37.3 Å². The molecule has 0 aromatic heterocycles. The quantitative estimate of drug-likeness (QED) is 0.419. The molecule has 0 saturated heterocycles. The van der Waals surface area contributed by atoms with E-state index < -0.39 is 0 Å². The fourth-order valence-corrected chi connectivity index (χ4v) is 1.12. The summed E-state index contributed by atoms with van der Waals surface area (Å²) in [6.07, 6.45) is 0. The van der Waals surface area contributed by atoms with Gasteiger partial charge in [0, 0.05) is 6.54 Å². The van der Waals surface area contributed by atoms with Crippen molar-refractivity contribution in [2.24, 2.45) is 10.9 Å². The van der Waals surface area contributed by atoms with E-state index in [4.69, 9.17) is 15.3 Å². The largest absolute Gasteiger partial charge is 0.486 e. The molecule has 0 aliphatic rings. The first kappa shape index (κ1) is 13.8. The number of amidine groups is 1. The fourth-order valence-electron chi connectivity index (χ4n) is 1.12. The van der Waals surface area contributed by atoms with Gasteiger partial charge in [-0.15, -0.1) is 0 Å². The Kier molecular flexibility index (Phi) is 6.10. The molecule has 0 aliphatic carbocycles. The Labute approximate surface area is 106 Å². The Morgan fingerprint density at radius 3 is 2.72 bits per heavy atom. The second-order valence-corrected chi connectivity index (χ2v) is 3.41. The van der Waals surface area contributed by atoms with E-state index in [1.54, 1.807) is 0 Å². The van der Waals surface area contributed by atoms with Gasteiger partial charge in [0.15, 0.2) is 12.4 Å². The number of para-hydroxylation sites is 1. The van der Waals surface area contributed by atoms with Crippen LogP contribution in [0.1, 0.15) is 6.92 Å². The Morgan fingerprint density at radius 1 is 1.33 bits per heavy atom. The number of rotatable bonds is 7. The highest BCUT2D eigenvalue weighted by Crippen LogP contribution is 2.07. The van der Waals surface area contributed by atoms with Crippen LogP contribution in [0.15, 0.2) is 35.5 Å². The van der Waals surface area contributed by atoms with Crippen LogP contribution in [0.2, 0.25) is 0 Å². The molecule has 0 atom stereocenters. The second-order valence-electron chi connectivity index (χ2n) is 3.41. The number of ether oxygens (including phenoxy) is 1. The van der Waals surface area contributed by atoms with Gasteiger partial charge in [0.2, 0.25) is 0 Å². The van der Waals surface area contributed by atoms with Crippen molar-refractivity contribution in [3.05, 3.63) is 30.3 Å². The van der Waals surface area contributed by atoms with Gasteiger partial charge in [-0.3, -0.25) is 4.79 Å². The lowest BCUT2D eigenvalue weighted by molar-refractivity contribution is -0.125. The highest BCUT2D eigenvalue weighted by Gasteiger charge is 2.00. The van der Waals surface area contributed by atoms with Gasteiger partial charge in [0.1, 0.15) is 12.4 Å². The summed E-state index contributed by atoms with van der Waals surface area (Å²) in [7, 11) is 0. The van der Waals surface area contributed by atoms with E-state index in [9.17, 15) is 4.79 Å². The van der Waals surface area contributed by atoms with Crippen LogP contribution in [0.4, 0.5) is 0 Å². The van der Waals surface area contributed by atoms with Crippen LogP contribution in [0, 0.1) is 0 Å². The van der Waals surface area contributed by atoms with Gasteiger partial charge in [0.05, 0.1) is 0 Å². The number of amides is 1. The molecule has 1 aromatic carbocycles. The maximum atomic E-state index is 11.0. The summed E-state index contributed by atoms with van der Waals surface area (Å²) in [5.41, 5.74) is 5.55. The van der Waals surface area contributed by atoms with E-state index in [0.29, 0.717) is 12.3 Å². The van der Waals surface area contributed by atoms with Crippen molar-refractivity contribution < 1.29 is 14.4 Å². The Hall–Kier alpha value is -2.24. The minimum atomic E-state index is -0.238. The first-order valence-corrected chi connectivity index (χ1v) is 5.61. The number of carbonyl (C=O) groups is 1. The standard InChI is InChI=1S/C12H17N3O3/c1-2-14-12(16)9-18-15-11(13)8-17-10-6-4-3-5-7-10/h3-7H,2,8-9H2,1H3,(H2,13,15)(H,14,16). The molecule has 6 heteroatoms. The monoisotopic (exact) mass is 251 g/mol. The van der Waals surface area contributed by atoms with Crippen molar-refractivity contribution in [2.45, 2.75) is 6.92 Å². The minimum Gasteiger partial charge on any atom is -0.486 e. The molecule has 0 unspecified atom stereocenters. The van der Waals surface area contributed by atoms with Gasteiger partial charge in [-0.1, -0.05) is 23.4 Å². The van der Waals surface area contributed by atoms with Gasteiger partial charge in [0.25, 0.3) is 5.91 Å². The minimum absolute atomic E-state index is 0.111. The lowest BCUT2D eigenvalue weighted by Crippen LogP contribution is -2.27.